The van der Waals surface area contributed by atoms with Crippen LogP contribution in [-0.4, -0.2) is 12.6 Å². The van der Waals surface area contributed by atoms with E-state index in [-0.39, 0.29) is 17.5 Å². The summed E-state index contributed by atoms with van der Waals surface area (Å²) in [6, 6.07) is 5.22. The molecule has 2 nitrogen and oxygen atoms in total. The van der Waals surface area contributed by atoms with Gasteiger partial charge in [-0.15, -0.1) is 0 Å². The van der Waals surface area contributed by atoms with E-state index in [1.807, 2.05) is 13.1 Å². The van der Waals surface area contributed by atoms with E-state index in [1.165, 1.54) is 25.3 Å². The van der Waals surface area contributed by atoms with E-state index in [0.717, 1.165) is 30.6 Å². The predicted octanol–water partition coefficient (Wildman–Crippen LogP) is 4.21. The number of halogens is 1. The average Bonchev–Trinajstić information content (AvgIpc) is 2.46. The summed E-state index contributed by atoms with van der Waals surface area (Å²) in [5.74, 6) is 1.12. The molecule has 3 atom stereocenters. The van der Waals surface area contributed by atoms with E-state index in [0.29, 0.717) is 5.92 Å². The first kappa shape index (κ1) is 13.9. The van der Waals surface area contributed by atoms with Gasteiger partial charge in [-0.1, -0.05) is 19.4 Å². The summed E-state index contributed by atoms with van der Waals surface area (Å²) in [6.07, 6.45) is 6.99. The Hall–Kier alpha value is -1.09. The number of ether oxygens (including phenoxy) is 1. The molecule has 0 amide bonds. The second-order valence-electron chi connectivity index (χ2n) is 6.25. The van der Waals surface area contributed by atoms with Gasteiger partial charge < -0.3 is 10.1 Å². The molecule has 0 saturated heterocycles. The van der Waals surface area contributed by atoms with Gasteiger partial charge in [0.25, 0.3) is 0 Å². The molecule has 1 spiro atoms. The number of hydrogen-bond acceptors (Lipinski definition) is 2. The normalized spacial score (nSPS) is 32.8. The predicted molar refractivity (Wildman–Crippen MR) is 78.4 cm³/mol. The second kappa shape index (κ2) is 5.36. The number of fused-ring (bicyclic) bond motifs is 1. The van der Waals surface area contributed by atoms with Crippen molar-refractivity contribution < 1.29 is 9.13 Å². The maximum atomic E-state index is 13.6. The number of hydrogen-bond donors (Lipinski definition) is 1. The van der Waals surface area contributed by atoms with Crippen LogP contribution in [0.15, 0.2) is 18.2 Å². The molecule has 1 saturated carbocycles. The minimum Gasteiger partial charge on any atom is -0.486 e. The van der Waals surface area contributed by atoms with Crippen molar-refractivity contribution in [2.45, 2.75) is 57.1 Å². The van der Waals surface area contributed by atoms with Crippen LogP contribution in [0.1, 0.15) is 57.1 Å². The molecule has 20 heavy (non-hydrogen) atoms. The fourth-order valence-electron chi connectivity index (χ4n) is 4.12. The second-order valence-corrected chi connectivity index (χ2v) is 6.25. The van der Waals surface area contributed by atoms with Gasteiger partial charge in [0, 0.05) is 24.1 Å². The lowest BCUT2D eigenvalue weighted by atomic mass is 9.69. The Bertz CT molecular complexity index is 490. The Morgan fingerprint density at radius 2 is 2.25 bits per heavy atom. The maximum absolute atomic E-state index is 13.6. The van der Waals surface area contributed by atoms with Crippen molar-refractivity contribution in [1.82, 2.24) is 5.32 Å². The Labute approximate surface area is 120 Å². The highest BCUT2D eigenvalue weighted by molar-refractivity contribution is 5.39. The molecular formula is C17H24FNO. The van der Waals surface area contributed by atoms with Crippen LogP contribution in [0.5, 0.6) is 5.75 Å². The van der Waals surface area contributed by atoms with Gasteiger partial charge in [-0.3, -0.25) is 0 Å². The zero-order valence-corrected chi connectivity index (χ0v) is 12.4. The molecule has 3 heteroatoms. The molecule has 110 valence electrons. The molecule has 1 aliphatic heterocycles. The molecule has 0 bridgehead atoms. The summed E-state index contributed by atoms with van der Waals surface area (Å²) in [4.78, 5) is 0. The summed E-state index contributed by atoms with van der Waals surface area (Å²) in [5.41, 5.74) is 1.00. The van der Waals surface area contributed by atoms with E-state index in [9.17, 15) is 4.39 Å². The molecule has 0 aromatic heterocycles. The van der Waals surface area contributed by atoms with Gasteiger partial charge in [0.2, 0.25) is 0 Å². The van der Waals surface area contributed by atoms with E-state index in [1.54, 1.807) is 6.07 Å². The summed E-state index contributed by atoms with van der Waals surface area (Å²) in [6.45, 7) is 2.25. The number of benzene rings is 1. The molecule has 1 heterocycles. The molecule has 3 unspecified atom stereocenters. The Balaban J connectivity index is 2.00. The zero-order valence-electron chi connectivity index (χ0n) is 12.4. The van der Waals surface area contributed by atoms with Crippen LogP contribution < -0.4 is 10.1 Å². The van der Waals surface area contributed by atoms with Crippen molar-refractivity contribution >= 4 is 0 Å². The first-order chi connectivity index (χ1) is 9.68. The topological polar surface area (TPSA) is 21.3 Å². The van der Waals surface area contributed by atoms with Crippen molar-refractivity contribution in [2.24, 2.45) is 5.92 Å². The van der Waals surface area contributed by atoms with Crippen LogP contribution >= 0.6 is 0 Å². The van der Waals surface area contributed by atoms with Crippen molar-refractivity contribution in [3.63, 3.8) is 0 Å². The van der Waals surface area contributed by atoms with Crippen LogP contribution in [0.4, 0.5) is 4.39 Å². The monoisotopic (exact) mass is 277 g/mol. The van der Waals surface area contributed by atoms with Crippen molar-refractivity contribution in [3.05, 3.63) is 29.6 Å². The third kappa shape index (κ3) is 2.22. The van der Waals surface area contributed by atoms with Crippen LogP contribution in [0, 0.1) is 11.7 Å². The van der Waals surface area contributed by atoms with E-state index < -0.39 is 0 Å². The average molecular weight is 277 g/mol. The molecule has 0 radical (unpaired) electrons. The van der Waals surface area contributed by atoms with Gasteiger partial charge in [0.15, 0.2) is 0 Å². The Morgan fingerprint density at radius 1 is 1.40 bits per heavy atom. The highest BCUT2D eigenvalue weighted by Gasteiger charge is 2.46. The smallest absolute Gasteiger partial charge is 0.127 e. The lowest BCUT2D eigenvalue weighted by molar-refractivity contribution is -0.0520. The lowest BCUT2D eigenvalue weighted by Crippen LogP contribution is -2.50. The highest BCUT2D eigenvalue weighted by atomic mass is 19.1. The SMILES string of the molecule is CCC1CCCCC12CC(NC)c1ccc(F)cc1O2. The largest absolute Gasteiger partial charge is 0.486 e. The first-order valence-electron chi connectivity index (χ1n) is 7.84. The molecule has 2 aliphatic rings. The van der Waals surface area contributed by atoms with Gasteiger partial charge in [0.1, 0.15) is 17.2 Å². The fraction of sp³-hybridized carbons (Fsp3) is 0.647. The lowest BCUT2D eigenvalue weighted by Gasteiger charge is -2.49. The molecule has 1 fully saturated rings. The number of rotatable bonds is 2. The van der Waals surface area contributed by atoms with Gasteiger partial charge in [-0.25, -0.2) is 4.39 Å². The zero-order chi connectivity index (χ0) is 14.2. The van der Waals surface area contributed by atoms with Gasteiger partial charge in [-0.05, 0) is 44.7 Å². The van der Waals surface area contributed by atoms with Crippen molar-refractivity contribution in [3.8, 4) is 5.75 Å². The highest BCUT2D eigenvalue weighted by Crippen LogP contribution is 2.49. The van der Waals surface area contributed by atoms with Gasteiger partial charge in [-0.2, -0.15) is 0 Å². The number of nitrogens with one attached hydrogen (secondary N) is 1. The summed E-state index contributed by atoms with van der Waals surface area (Å²) in [7, 11) is 1.99. The van der Waals surface area contributed by atoms with E-state index in [2.05, 4.69) is 12.2 Å². The quantitative estimate of drug-likeness (QED) is 0.874. The van der Waals surface area contributed by atoms with Gasteiger partial charge in [0.05, 0.1) is 0 Å². The Morgan fingerprint density at radius 3 is 3.00 bits per heavy atom. The molecule has 3 rings (SSSR count). The minimum absolute atomic E-state index is 0.0958. The molecule has 1 N–H and O–H groups in total. The van der Waals surface area contributed by atoms with Crippen molar-refractivity contribution in [2.75, 3.05) is 7.05 Å². The summed E-state index contributed by atoms with van der Waals surface area (Å²) < 4.78 is 20.0. The summed E-state index contributed by atoms with van der Waals surface area (Å²) >= 11 is 0. The van der Waals surface area contributed by atoms with Crippen LogP contribution in [0.3, 0.4) is 0 Å². The summed E-state index contributed by atoms with van der Waals surface area (Å²) in [5, 5.41) is 3.39. The molecule has 1 aromatic carbocycles. The fourth-order valence-corrected chi connectivity index (χ4v) is 4.12. The van der Waals surface area contributed by atoms with Crippen LogP contribution in [0.25, 0.3) is 0 Å². The van der Waals surface area contributed by atoms with Crippen molar-refractivity contribution in [1.29, 1.82) is 0 Å². The van der Waals surface area contributed by atoms with Gasteiger partial charge >= 0.3 is 0 Å². The molecule has 1 aromatic rings. The minimum atomic E-state index is -0.209. The van der Waals surface area contributed by atoms with Crippen LogP contribution in [0.2, 0.25) is 0 Å². The maximum Gasteiger partial charge on any atom is 0.127 e. The Kier molecular flexibility index (Phi) is 3.72. The third-order valence-electron chi connectivity index (χ3n) is 5.20. The van der Waals surface area contributed by atoms with E-state index >= 15 is 0 Å². The van der Waals surface area contributed by atoms with Crippen LogP contribution in [-0.2, 0) is 0 Å². The van der Waals surface area contributed by atoms with E-state index in [4.69, 9.17) is 4.74 Å². The molecular weight excluding hydrogens is 253 g/mol. The first-order valence-corrected chi connectivity index (χ1v) is 7.84. The standard InChI is InChI=1S/C17H24FNO/c1-3-12-6-4-5-9-17(12)11-15(19-2)14-8-7-13(18)10-16(14)20-17/h7-8,10,12,15,19H,3-6,9,11H2,1-2H3. The third-order valence-corrected chi connectivity index (χ3v) is 5.20. The molecule has 1 aliphatic carbocycles.